The van der Waals surface area contributed by atoms with Crippen molar-refractivity contribution in [1.29, 1.82) is 5.26 Å². The number of nitriles is 1. The van der Waals surface area contributed by atoms with Gasteiger partial charge >= 0.3 is 5.97 Å². The maximum Gasteiger partial charge on any atom is 0.329 e. The van der Waals surface area contributed by atoms with Crippen LogP contribution < -0.4 is 5.32 Å². The van der Waals surface area contributed by atoms with Crippen LogP contribution in [0.1, 0.15) is 60.7 Å². The summed E-state index contributed by atoms with van der Waals surface area (Å²) in [5, 5.41) is 12.0. The van der Waals surface area contributed by atoms with E-state index in [1.165, 1.54) is 0 Å². The minimum atomic E-state index is -1.13. The molecule has 158 valence electrons. The van der Waals surface area contributed by atoms with Gasteiger partial charge in [-0.25, -0.2) is 4.79 Å². The van der Waals surface area contributed by atoms with Gasteiger partial charge in [0.1, 0.15) is 11.6 Å². The standard InChI is InChI=1S/C22H25N3O5/c1-13(2)10-17(25-19(27)15-6-4-5-7-16(15)20(25)28)21(29)30-11-18(26)24-22(3,12-23)14-8-9-14/h4-7,13-14,17H,8-11H2,1-3H3,(H,24,26)/t17-,22+/m0/s1. The first-order valence-corrected chi connectivity index (χ1v) is 10.0. The fourth-order valence-electron chi connectivity index (χ4n) is 3.69. The molecule has 1 fully saturated rings. The van der Waals surface area contributed by atoms with Crippen LogP contribution in [0.2, 0.25) is 0 Å². The van der Waals surface area contributed by atoms with Crippen LogP contribution >= 0.6 is 0 Å². The number of nitrogens with zero attached hydrogens (tertiary/aromatic N) is 2. The molecular formula is C22H25N3O5. The van der Waals surface area contributed by atoms with E-state index in [2.05, 4.69) is 11.4 Å². The third-order valence-corrected chi connectivity index (χ3v) is 5.47. The third-order valence-electron chi connectivity index (χ3n) is 5.47. The summed E-state index contributed by atoms with van der Waals surface area (Å²) in [5.41, 5.74) is -0.504. The van der Waals surface area contributed by atoms with E-state index in [0.29, 0.717) is 0 Å². The molecule has 0 radical (unpaired) electrons. The Morgan fingerprint density at radius 1 is 1.23 bits per heavy atom. The van der Waals surface area contributed by atoms with Gasteiger partial charge in [-0.1, -0.05) is 26.0 Å². The molecule has 2 aliphatic rings. The van der Waals surface area contributed by atoms with Crippen molar-refractivity contribution in [3.05, 3.63) is 35.4 Å². The number of carbonyl (C=O) groups excluding carboxylic acids is 4. The van der Waals surface area contributed by atoms with E-state index in [1.807, 2.05) is 13.8 Å². The maximum absolute atomic E-state index is 12.8. The van der Waals surface area contributed by atoms with E-state index >= 15 is 0 Å². The number of hydrogen-bond acceptors (Lipinski definition) is 6. The lowest BCUT2D eigenvalue weighted by molar-refractivity contribution is -0.153. The van der Waals surface area contributed by atoms with Gasteiger partial charge in [0.2, 0.25) is 0 Å². The van der Waals surface area contributed by atoms with E-state index in [4.69, 9.17) is 4.74 Å². The van der Waals surface area contributed by atoms with E-state index in [1.54, 1.807) is 31.2 Å². The second-order valence-corrected chi connectivity index (χ2v) is 8.42. The fraction of sp³-hybridized carbons (Fsp3) is 0.500. The fourth-order valence-corrected chi connectivity index (χ4v) is 3.69. The number of amides is 3. The average molecular weight is 411 g/mol. The lowest BCUT2D eigenvalue weighted by Gasteiger charge is -2.26. The summed E-state index contributed by atoms with van der Waals surface area (Å²) in [6.07, 6.45) is 1.94. The topological polar surface area (TPSA) is 117 Å². The highest BCUT2D eigenvalue weighted by molar-refractivity contribution is 6.22. The zero-order valence-electron chi connectivity index (χ0n) is 17.3. The van der Waals surface area contributed by atoms with Crippen molar-refractivity contribution in [1.82, 2.24) is 10.2 Å². The summed E-state index contributed by atoms with van der Waals surface area (Å²) in [7, 11) is 0. The van der Waals surface area contributed by atoms with Gasteiger partial charge in [0.05, 0.1) is 17.2 Å². The molecule has 3 amide bonds. The lowest BCUT2D eigenvalue weighted by atomic mass is 9.98. The number of imide groups is 1. The second-order valence-electron chi connectivity index (χ2n) is 8.42. The molecule has 8 nitrogen and oxygen atoms in total. The van der Waals surface area contributed by atoms with Gasteiger partial charge in [-0.15, -0.1) is 0 Å². The van der Waals surface area contributed by atoms with Gasteiger partial charge in [-0.3, -0.25) is 19.3 Å². The molecule has 3 rings (SSSR count). The zero-order chi connectivity index (χ0) is 22.1. The van der Waals surface area contributed by atoms with Gasteiger partial charge in [-0.2, -0.15) is 5.26 Å². The van der Waals surface area contributed by atoms with Crippen LogP contribution in [0.3, 0.4) is 0 Å². The van der Waals surface area contributed by atoms with Crippen molar-refractivity contribution in [2.24, 2.45) is 11.8 Å². The molecule has 0 saturated heterocycles. The zero-order valence-corrected chi connectivity index (χ0v) is 17.3. The number of nitrogens with one attached hydrogen (secondary N) is 1. The van der Waals surface area contributed by atoms with Crippen molar-refractivity contribution >= 4 is 23.7 Å². The molecule has 2 atom stereocenters. The average Bonchev–Trinajstić information content (AvgIpc) is 3.53. The normalized spacial score (nSPS) is 18.4. The van der Waals surface area contributed by atoms with Crippen LogP contribution in [0.4, 0.5) is 0 Å². The molecule has 1 saturated carbocycles. The van der Waals surface area contributed by atoms with E-state index < -0.39 is 41.9 Å². The van der Waals surface area contributed by atoms with Gasteiger partial charge in [0.25, 0.3) is 17.7 Å². The Balaban J connectivity index is 1.69. The first-order valence-electron chi connectivity index (χ1n) is 10.0. The van der Waals surface area contributed by atoms with Crippen LogP contribution in [0.5, 0.6) is 0 Å². The Kier molecular flexibility index (Phi) is 5.92. The summed E-state index contributed by atoms with van der Waals surface area (Å²) in [5.74, 6) is -2.42. The van der Waals surface area contributed by atoms with Gasteiger partial charge in [-0.05, 0) is 50.2 Å². The first-order chi connectivity index (χ1) is 14.2. The highest BCUT2D eigenvalue weighted by Gasteiger charge is 2.45. The molecule has 1 heterocycles. The molecule has 0 aromatic heterocycles. The third kappa shape index (κ3) is 4.20. The van der Waals surface area contributed by atoms with E-state index in [-0.39, 0.29) is 29.4 Å². The highest BCUT2D eigenvalue weighted by atomic mass is 16.5. The number of hydrogen-bond donors (Lipinski definition) is 1. The predicted octanol–water partition coefficient (Wildman–Crippen LogP) is 2.05. The van der Waals surface area contributed by atoms with Crippen LogP contribution in [0.25, 0.3) is 0 Å². The Labute approximate surface area is 175 Å². The van der Waals surface area contributed by atoms with Crippen LogP contribution in [0, 0.1) is 23.2 Å². The minimum Gasteiger partial charge on any atom is -0.454 e. The first kappa shape index (κ1) is 21.5. The van der Waals surface area contributed by atoms with Gasteiger partial charge < -0.3 is 10.1 Å². The van der Waals surface area contributed by atoms with E-state index in [0.717, 1.165) is 17.7 Å². The van der Waals surface area contributed by atoms with Crippen LogP contribution in [0.15, 0.2) is 24.3 Å². The Bertz CT molecular complexity index is 896. The summed E-state index contributed by atoms with van der Waals surface area (Å²) >= 11 is 0. The Hall–Kier alpha value is -3.21. The largest absolute Gasteiger partial charge is 0.454 e. The minimum absolute atomic E-state index is 0.00237. The number of ether oxygens (including phenoxy) is 1. The Morgan fingerprint density at radius 3 is 2.27 bits per heavy atom. The summed E-state index contributed by atoms with van der Waals surface area (Å²) < 4.78 is 5.16. The van der Waals surface area contributed by atoms with Crippen molar-refractivity contribution in [2.75, 3.05) is 6.61 Å². The quantitative estimate of drug-likeness (QED) is 0.517. The number of benzene rings is 1. The summed E-state index contributed by atoms with van der Waals surface area (Å²) in [4.78, 5) is 51.5. The van der Waals surface area contributed by atoms with Crippen LogP contribution in [-0.4, -0.2) is 46.8 Å². The Morgan fingerprint density at radius 2 is 1.80 bits per heavy atom. The second kappa shape index (κ2) is 8.27. The molecule has 1 aliphatic carbocycles. The predicted molar refractivity (Wildman–Crippen MR) is 106 cm³/mol. The van der Waals surface area contributed by atoms with Crippen molar-refractivity contribution in [3.8, 4) is 6.07 Å². The number of esters is 1. The molecule has 0 unspecified atom stereocenters. The number of rotatable bonds is 8. The van der Waals surface area contributed by atoms with Gasteiger partial charge in [0, 0.05) is 0 Å². The molecule has 30 heavy (non-hydrogen) atoms. The molecule has 0 bridgehead atoms. The van der Waals surface area contributed by atoms with Crippen molar-refractivity contribution < 1.29 is 23.9 Å². The number of carbonyl (C=O) groups is 4. The summed E-state index contributed by atoms with van der Waals surface area (Å²) in [6, 6.07) is 7.37. The monoisotopic (exact) mass is 411 g/mol. The lowest BCUT2D eigenvalue weighted by Crippen LogP contribution is -2.50. The van der Waals surface area contributed by atoms with Crippen molar-refractivity contribution in [3.63, 3.8) is 0 Å². The van der Waals surface area contributed by atoms with E-state index in [9.17, 15) is 24.4 Å². The maximum atomic E-state index is 12.8. The van der Waals surface area contributed by atoms with Crippen LogP contribution in [-0.2, 0) is 14.3 Å². The molecular weight excluding hydrogens is 386 g/mol. The molecule has 1 aromatic carbocycles. The molecule has 1 aliphatic heterocycles. The molecule has 1 aromatic rings. The molecule has 8 heteroatoms. The molecule has 0 spiro atoms. The summed E-state index contributed by atoms with van der Waals surface area (Å²) in [6.45, 7) is 4.78. The van der Waals surface area contributed by atoms with Gasteiger partial charge in [0.15, 0.2) is 6.61 Å². The SMILES string of the molecule is CC(C)C[C@@H](C(=O)OCC(=O)N[C@](C)(C#N)C1CC1)N1C(=O)c2ccccc2C1=O. The van der Waals surface area contributed by atoms with Crippen molar-refractivity contribution in [2.45, 2.75) is 51.6 Å². The number of fused-ring (bicyclic) bond motifs is 1. The molecule has 1 N–H and O–H groups in total. The smallest absolute Gasteiger partial charge is 0.329 e. The highest BCUT2D eigenvalue weighted by Crippen LogP contribution is 2.39.